The summed E-state index contributed by atoms with van der Waals surface area (Å²) in [5.74, 6) is 0.330. The first-order valence-corrected chi connectivity index (χ1v) is 5.89. The van der Waals surface area contributed by atoms with Crippen molar-refractivity contribution < 1.29 is 14.3 Å². The molecule has 1 rings (SSSR count). The van der Waals surface area contributed by atoms with Crippen LogP contribution in [0.15, 0.2) is 35.0 Å². The van der Waals surface area contributed by atoms with Gasteiger partial charge in [0.05, 0.1) is 25.7 Å². The fraction of sp³-hybridized carbons (Fsp3) is 0.250. The molecule has 1 aromatic carbocycles. The summed E-state index contributed by atoms with van der Waals surface area (Å²) in [5, 5.41) is 2.70. The average molecular weight is 300 g/mol. The number of benzene rings is 1. The van der Waals surface area contributed by atoms with Crippen molar-refractivity contribution in [3.8, 4) is 5.75 Å². The lowest BCUT2D eigenvalue weighted by Gasteiger charge is -2.08. The number of carbonyl (C=O) groups is 1. The molecule has 92 valence electrons. The molecular formula is C12H14BrNO3. The maximum atomic E-state index is 11.5. The number of hydrogen-bond acceptors (Lipinski definition) is 3. The number of carbonyl (C=O) groups excluding carboxylic acids is 1. The van der Waals surface area contributed by atoms with Gasteiger partial charge in [0.1, 0.15) is 5.75 Å². The maximum absolute atomic E-state index is 11.5. The summed E-state index contributed by atoms with van der Waals surface area (Å²) in [6.07, 6.45) is 2.69. The number of methoxy groups -OCH3 is 1. The molecule has 0 aliphatic carbocycles. The molecule has 1 N–H and O–H groups in total. The first-order chi connectivity index (χ1) is 8.17. The molecule has 1 amide bonds. The standard InChI is InChI=1S/C12H14BrNO3/c1-3-17-7-6-12(15)14-10-5-4-9(13)8-11(10)16-2/h4-8H,3H2,1-2H3,(H,14,15)/b7-6+. The Morgan fingerprint density at radius 2 is 2.29 bits per heavy atom. The summed E-state index contributed by atoms with van der Waals surface area (Å²) in [4.78, 5) is 11.5. The second-order valence-corrected chi connectivity index (χ2v) is 4.01. The largest absolute Gasteiger partial charge is 0.501 e. The number of hydrogen-bond donors (Lipinski definition) is 1. The van der Waals surface area contributed by atoms with Gasteiger partial charge in [-0.2, -0.15) is 0 Å². The van der Waals surface area contributed by atoms with E-state index >= 15 is 0 Å². The summed E-state index contributed by atoms with van der Waals surface area (Å²) in [7, 11) is 1.55. The highest BCUT2D eigenvalue weighted by molar-refractivity contribution is 9.10. The van der Waals surface area contributed by atoms with Gasteiger partial charge in [-0.25, -0.2) is 0 Å². The monoisotopic (exact) mass is 299 g/mol. The highest BCUT2D eigenvalue weighted by Gasteiger charge is 2.05. The third-order valence-electron chi connectivity index (χ3n) is 1.90. The molecule has 0 bridgehead atoms. The van der Waals surface area contributed by atoms with E-state index < -0.39 is 0 Å². The van der Waals surface area contributed by atoms with Gasteiger partial charge >= 0.3 is 0 Å². The zero-order valence-electron chi connectivity index (χ0n) is 9.70. The zero-order valence-corrected chi connectivity index (χ0v) is 11.3. The summed E-state index contributed by atoms with van der Waals surface area (Å²) in [6, 6.07) is 5.36. The number of rotatable bonds is 5. The second-order valence-electron chi connectivity index (χ2n) is 3.09. The lowest BCUT2D eigenvalue weighted by atomic mass is 10.3. The molecule has 0 heterocycles. The Bertz CT molecular complexity index is 418. The normalized spacial score (nSPS) is 10.3. The molecule has 4 nitrogen and oxygen atoms in total. The van der Waals surface area contributed by atoms with Crippen LogP contribution in [0.2, 0.25) is 0 Å². The maximum Gasteiger partial charge on any atom is 0.251 e. The van der Waals surface area contributed by atoms with Gasteiger partial charge in [0, 0.05) is 10.5 Å². The van der Waals surface area contributed by atoms with Crippen molar-refractivity contribution in [2.24, 2.45) is 0 Å². The van der Waals surface area contributed by atoms with Crippen molar-refractivity contribution in [3.63, 3.8) is 0 Å². The fourth-order valence-electron chi connectivity index (χ4n) is 1.15. The van der Waals surface area contributed by atoms with Gasteiger partial charge in [-0.1, -0.05) is 15.9 Å². The molecule has 0 aliphatic rings. The van der Waals surface area contributed by atoms with Crippen molar-refractivity contribution in [2.45, 2.75) is 6.92 Å². The minimum atomic E-state index is -0.265. The van der Waals surface area contributed by atoms with E-state index in [0.29, 0.717) is 18.0 Å². The zero-order chi connectivity index (χ0) is 12.7. The molecule has 0 unspecified atom stereocenters. The van der Waals surface area contributed by atoms with Gasteiger partial charge in [-0.15, -0.1) is 0 Å². The Hall–Kier alpha value is -1.49. The van der Waals surface area contributed by atoms with E-state index in [9.17, 15) is 4.79 Å². The highest BCUT2D eigenvalue weighted by Crippen LogP contribution is 2.27. The number of ether oxygens (including phenoxy) is 2. The number of amides is 1. The van der Waals surface area contributed by atoms with Crippen LogP contribution >= 0.6 is 15.9 Å². The highest BCUT2D eigenvalue weighted by atomic mass is 79.9. The van der Waals surface area contributed by atoms with Gasteiger partial charge < -0.3 is 14.8 Å². The molecule has 0 radical (unpaired) electrons. The molecule has 0 saturated carbocycles. The molecule has 0 atom stereocenters. The topological polar surface area (TPSA) is 47.6 Å². The van der Waals surface area contributed by atoms with Gasteiger partial charge in [0.25, 0.3) is 5.91 Å². The van der Waals surface area contributed by atoms with Crippen molar-refractivity contribution in [1.82, 2.24) is 0 Å². The molecule has 5 heteroatoms. The summed E-state index contributed by atoms with van der Waals surface area (Å²) in [5.41, 5.74) is 0.613. The van der Waals surface area contributed by atoms with E-state index in [0.717, 1.165) is 4.47 Å². The van der Waals surface area contributed by atoms with E-state index in [1.54, 1.807) is 19.2 Å². The smallest absolute Gasteiger partial charge is 0.251 e. The van der Waals surface area contributed by atoms with Crippen LogP contribution in [-0.2, 0) is 9.53 Å². The minimum Gasteiger partial charge on any atom is -0.501 e. The Morgan fingerprint density at radius 1 is 1.53 bits per heavy atom. The molecule has 0 spiro atoms. The van der Waals surface area contributed by atoms with Crippen molar-refractivity contribution in [1.29, 1.82) is 0 Å². The predicted octanol–water partition coefficient (Wildman–Crippen LogP) is 2.95. The van der Waals surface area contributed by atoms with Crippen LogP contribution in [0.1, 0.15) is 6.92 Å². The van der Waals surface area contributed by atoms with E-state index in [1.165, 1.54) is 12.3 Å². The van der Waals surface area contributed by atoms with Crippen LogP contribution in [0.4, 0.5) is 5.69 Å². The van der Waals surface area contributed by atoms with Crippen LogP contribution in [-0.4, -0.2) is 19.6 Å². The Kier molecular flexibility index (Phi) is 5.56. The molecule has 17 heavy (non-hydrogen) atoms. The lowest BCUT2D eigenvalue weighted by Crippen LogP contribution is -2.09. The second kappa shape index (κ2) is 6.96. The molecular weight excluding hydrogens is 286 g/mol. The Labute approximate surface area is 109 Å². The van der Waals surface area contributed by atoms with Gasteiger partial charge in [0.15, 0.2) is 0 Å². The van der Waals surface area contributed by atoms with E-state index in [1.807, 2.05) is 13.0 Å². The quantitative estimate of drug-likeness (QED) is 0.672. The van der Waals surface area contributed by atoms with Gasteiger partial charge in [0.2, 0.25) is 0 Å². The predicted molar refractivity (Wildman–Crippen MR) is 70.1 cm³/mol. The first-order valence-electron chi connectivity index (χ1n) is 5.10. The van der Waals surface area contributed by atoms with E-state index in [4.69, 9.17) is 9.47 Å². The van der Waals surface area contributed by atoms with Crippen LogP contribution in [0.25, 0.3) is 0 Å². The van der Waals surface area contributed by atoms with Gasteiger partial charge in [-0.3, -0.25) is 4.79 Å². The van der Waals surface area contributed by atoms with Crippen LogP contribution in [0.5, 0.6) is 5.75 Å². The van der Waals surface area contributed by atoms with Crippen LogP contribution in [0, 0.1) is 0 Å². The summed E-state index contributed by atoms with van der Waals surface area (Å²) in [6.45, 7) is 2.38. The Morgan fingerprint density at radius 3 is 2.94 bits per heavy atom. The van der Waals surface area contributed by atoms with Gasteiger partial charge in [-0.05, 0) is 25.1 Å². The molecule has 0 saturated heterocycles. The van der Waals surface area contributed by atoms with E-state index in [-0.39, 0.29) is 5.91 Å². The number of nitrogens with one attached hydrogen (secondary N) is 1. The average Bonchev–Trinajstić information content (AvgIpc) is 2.32. The van der Waals surface area contributed by atoms with Crippen molar-refractivity contribution in [3.05, 3.63) is 35.0 Å². The Balaban J connectivity index is 2.71. The van der Waals surface area contributed by atoms with Crippen LogP contribution < -0.4 is 10.1 Å². The molecule has 0 aromatic heterocycles. The van der Waals surface area contributed by atoms with Crippen molar-refractivity contribution in [2.75, 3.05) is 19.0 Å². The molecule has 1 aromatic rings. The minimum absolute atomic E-state index is 0.265. The third-order valence-corrected chi connectivity index (χ3v) is 2.40. The van der Waals surface area contributed by atoms with E-state index in [2.05, 4.69) is 21.2 Å². The molecule has 0 fully saturated rings. The number of halogens is 1. The van der Waals surface area contributed by atoms with Crippen molar-refractivity contribution >= 4 is 27.5 Å². The third kappa shape index (κ3) is 4.48. The SMILES string of the molecule is CCO/C=C/C(=O)Nc1ccc(Br)cc1OC. The lowest BCUT2D eigenvalue weighted by molar-refractivity contribution is -0.112. The first kappa shape index (κ1) is 13.6. The summed E-state index contributed by atoms with van der Waals surface area (Å²) < 4.78 is 11.0. The number of anilines is 1. The van der Waals surface area contributed by atoms with Crippen LogP contribution in [0.3, 0.4) is 0 Å². The fourth-order valence-corrected chi connectivity index (χ4v) is 1.49. The molecule has 0 aliphatic heterocycles. The summed E-state index contributed by atoms with van der Waals surface area (Å²) >= 11 is 3.33.